The molecule has 236 valence electrons. The minimum absolute atomic E-state index is 0.0220. The fraction of sp³-hybridized carbons (Fsp3) is 0.143. The molecule has 49 heavy (non-hydrogen) atoms. The highest BCUT2D eigenvalue weighted by atomic mass is 14.4. The van der Waals surface area contributed by atoms with Crippen LogP contribution in [0.25, 0.3) is 76.8 Å². The molecule has 0 heterocycles. The molecule has 0 bridgehead atoms. The molecule has 0 aliphatic heterocycles. The van der Waals surface area contributed by atoms with E-state index in [9.17, 15) is 0 Å². The predicted octanol–water partition coefficient (Wildman–Crippen LogP) is 13.8. The van der Waals surface area contributed by atoms with Crippen LogP contribution in [0.1, 0.15) is 51.3 Å². The lowest BCUT2D eigenvalue weighted by Gasteiger charge is -2.27. The van der Waals surface area contributed by atoms with E-state index in [2.05, 4.69) is 186 Å². The zero-order valence-corrected chi connectivity index (χ0v) is 28.9. The molecule has 0 amide bonds. The maximum Gasteiger partial charge on any atom is 0.0159 e. The third-order valence-corrected chi connectivity index (χ3v) is 10.9. The maximum atomic E-state index is 2.46. The van der Waals surface area contributed by atoms with Crippen LogP contribution >= 0.6 is 0 Å². The zero-order chi connectivity index (χ0) is 33.5. The van der Waals surface area contributed by atoms with Crippen molar-refractivity contribution in [2.45, 2.75) is 45.4 Å². The van der Waals surface area contributed by atoms with Gasteiger partial charge in [0.2, 0.25) is 0 Å². The van der Waals surface area contributed by atoms with Crippen LogP contribution in [0.3, 0.4) is 0 Å². The highest BCUT2D eigenvalue weighted by Crippen LogP contribution is 2.50. The van der Waals surface area contributed by atoms with E-state index in [4.69, 9.17) is 0 Å². The van der Waals surface area contributed by atoms with E-state index < -0.39 is 0 Å². The van der Waals surface area contributed by atoms with Gasteiger partial charge in [0.15, 0.2) is 0 Å². The van der Waals surface area contributed by atoms with Gasteiger partial charge in [-0.1, -0.05) is 168 Å². The van der Waals surface area contributed by atoms with Crippen LogP contribution in [0.4, 0.5) is 0 Å². The molecule has 9 rings (SSSR count). The van der Waals surface area contributed by atoms with E-state index in [0.717, 1.165) is 0 Å². The summed E-state index contributed by atoms with van der Waals surface area (Å²) in [6, 6.07) is 56.7. The van der Waals surface area contributed by atoms with Gasteiger partial charge in [-0.25, -0.2) is 0 Å². The Labute approximate surface area is 289 Å². The van der Waals surface area contributed by atoms with Gasteiger partial charge in [-0.3, -0.25) is 0 Å². The monoisotopic (exact) mass is 628 g/mol. The molecular formula is C49H40. The molecule has 0 radical (unpaired) electrons. The van der Waals surface area contributed by atoms with Crippen LogP contribution in [-0.2, 0) is 10.8 Å². The van der Waals surface area contributed by atoms with Gasteiger partial charge < -0.3 is 0 Å². The molecule has 1 aliphatic carbocycles. The summed E-state index contributed by atoms with van der Waals surface area (Å²) < 4.78 is 0. The Hall–Kier alpha value is -5.46. The lowest BCUT2D eigenvalue weighted by Crippen LogP contribution is -2.14. The first-order valence-corrected chi connectivity index (χ1v) is 17.5. The van der Waals surface area contributed by atoms with Crippen molar-refractivity contribution >= 4 is 32.3 Å². The number of hydrogen-bond donors (Lipinski definition) is 0. The molecule has 0 nitrogen and oxygen atoms in total. The minimum Gasteiger partial charge on any atom is -0.0619 e. The first kappa shape index (κ1) is 29.7. The fourth-order valence-electron chi connectivity index (χ4n) is 8.66. The summed E-state index contributed by atoms with van der Waals surface area (Å²) in [4.78, 5) is 0. The van der Waals surface area contributed by atoms with Crippen molar-refractivity contribution in [3.63, 3.8) is 0 Å². The normalized spacial score (nSPS) is 13.6. The molecule has 0 saturated heterocycles. The summed E-state index contributed by atoms with van der Waals surface area (Å²) in [6.45, 7) is 11.8. The average molecular weight is 629 g/mol. The van der Waals surface area contributed by atoms with Gasteiger partial charge in [-0.05, 0) is 117 Å². The third-order valence-electron chi connectivity index (χ3n) is 10.9. The summed E-state index contributed by atoms with van der Waals surface area (Å²) in [5.74, 6) is 0. The molecular weight excluding hydrogens is 589 g/mol. The summed E-state index contributed by atoms with van der Waals surface area (Å²) >= 11 is 0. The largest absolute Gasteiger partial charge is 0.0619 e. The Morgan fingerprint density at radius 3 is 1.73 bits per heavy atom. The van der Waals surface area contributed by atoms with E-state index in [0.29, 0.717) is 0 Å². The maximum absolute atomic E-state index is 2.46. The number of rotatable bonds is 3. The van der Waals surface area contributed by atoms with Crippen molar-refractivity contribution in [3.05, 3.63) is 168 Å². The second-order valence-electron chi connectivity index (χ2n) is 15.3. The molecule has 0 unspecified atom stereocenters. The Morgan fingerprint density at radius 1 is 0.388 bits per heavy atom. The molecule has 0 aromatic heterocycles. The van der Waals surface area contributed by atoms with Gasteiger partial charge in [-0.15, -0.1) is 0 Å². The Kier molecular flexibility index (Phi) is 6.52. The molecule has 8 aromatic rings. The van der Waals surface area contributed by atoms with Crippen LogP contribution < -0.4 is 0 Å². The van der Waals surface area contributed by atoms with Crippen LogP contribution in [0.5, 0.6) is 0 Å². The van der Waals surface area contributed by atoms with Gasteiger partial charge in [0.05, 0.1) is 0 Å². The van der Waals surface area contributed by atoms with Crippen molar-refractivity contribution in [2.75, 3.05) is 0 Å². The van der Waals surface area contributed by atoms with Gasteiger partial charge in [0.1, 0.15) is 0 Å². The van der Waals surface area contributed by atoms with Crippen LogP contribution in [-0.4, -0.2) is 0 Å². The second kappa shape index (κ2) is 10.8. The van der Waals surface area contributed by atoms with Crippen LogP contribution in [0, 0.1) is 0 Å². The van der Waals surface area contributed by atoms with Gasteiger partial charge in [0.25, 0.3) is 0 Å². The Bertz CT molecular complexity index is 2600. The number of benzene rings is 8. The topological polar surface area (TPSA) is 0 Å². The second-order valence-corrected chi connectivity index (χ2v) is 15.3. The molecule has 8 aromatic carbocycles. The minimum atomic E-state index is -0.0512. The molecule has 0 saturated carbocycles. The third kappa shape index (κ3) is 4.58. The van der Waals surface area contributed by atoms with E-state index in [-0.39, 0.29) is 10.8 Å². The van der Waals surface area contributed by atoms with Crippen molar-refractivity contribution in [2.24, 2.45) is 0 Å². The molecule has 0 N–H and O–H groups in total. The average Bonchev–Trinajstić information content (AvgIpc) is 3.35. The van der Waals surface area contributed by atoms with Crippen molar-refractivity contribution in [3.8, 4) is 44.5 Å². The first-order valence-electron chi connectivity index (χ1n) is 17.5. The zero-order valence-electron chi connectivity index (χ0n) is 28.9. The molecule has 0 fully saturated rings. The number of hydrogen-bond acceptors (Lipinski definition) is 0. The highest BCUT2D eigenvalue weighted by Gasteiger charge is 2.35. The fourth-order valence-corrected chi connectivity index (χ4v) is 8.66. The van der Waals surface area contributed by atoms with E-state index in [1.54, 1.807) is 0 Å². The summed E-state index contributed by atoms with van der Waals surface area (Å²) in [7, 11) is 0. The Morgan fingerprint density at radius 2 is 0.939 bits per heavy atom. The lowest BCUT2D eigenvalue weighted by atomic mass is 9.77. The van der Waals surface area contributed by atoms with Gasteiger partial charge >= 0.3 is 0 Å². The molecule has 1 aliphatic rings. The predicted molar refractivity (Wildman–Crippen MR) is 212 cm³/mol. The SMILES string of the molecule is CC(C)(C)c1c2ccccc2c(-c2cccc3ccccc23)c2ccc(-c3cccc(-c4ccc5c(c4)C(C)(C)c4ccccc4-5)c3)cc12. The van der Waals surface area contributed by atoms with Gasteiger partial charge in [0, 0.05) is 5.41 Å². The smallest absolute Gasteiger partial charge is 0.0159 e. The first-order chi connectivity index (χ1) is 23.7. The summed E-state index contributed by atoms with van der Waals surface area (Å²) in [5, 5.41) is 7.84. The lowest BCUT2D eigenvalue weighted by molar-refractivity contribution is 0.601. The number of fused-ring (bicyclic) bond motifs is 6. The summed E-state index contributed by atoms with van der Waals surface area (Å²) in [6.07, 6.45) is 0. The van der Waals surface area contributed by atoms with E-state index in [1.165, 1.54) is 93.5 Å². The van der Waals surface area contributed by atoms with Crippen molar-refractivity contribution in [1.82, 2.24) is 0 Å². The molecule has 0 heteroatoms. The quantitative estimate of drug-likeness (QED) is 0.171. The molecule has 0 atom stereocenters. The van der Waals surface area contributed by atoms with E-state index in [1.807, 2.05) is 0 Å². The van der Waals surface area contributed by atoms with E-state index >= 15 is 0 Å². The van der Waals surface area contributed by atoms with Crippen molar-refractivity contribution < 1.29 is 0 Å². The molecule has 0 spiro atoms. The standard InChI is InChI=1S/C49H40/c1-48(2,3)47-42-21-9-8-20-40(42)46(39-22-13-15-31-14-6-7-18-36(31)39)41-27-25-34(29-43(41)47)32-16-12-17-33(28-32)35-24-26-38-37-19-10-11-23-44(37)49(4,5)45(38)30-35/h6-30H,1-5H3. The van der Waals surface area contributed by atoms with Gasteiger partial charge in [-0.2, -0.15) is 0 Å². The van der Waals surface area contributed by atoms with Crippen LogP contribution in [0.15, 0.2) is 152 Å². The Balaban J connectivity index is 1.24. The van der Waals surface area contributed by atoms with Crippen molar-refractivity contribution in [1.29, 1.82) is 0 Å². The summed E-state index contributed by atoms with van der Waals surface area (Å²) in [5.41, 5.74) is 14.5. The highest BCUT2D eigenvalue weighted by molar-refractivity contribution is 6.19. The van der Waals surface area contributed by atoms with Crippen LogP contribution in [0.2, 0.25) is 0 Å².